The number of ketones is 1. The minimum atomic E-state index is 0.211. The average Bonchev–Trinajstić information content (AvgIpc) is 2.27. The predicted molar refractivity (Wildman–Crippen MR) is 68.0 cm³/mol. The third kappa shape index (κ3) is 3.54. The summed E-state index contributed by atoms with van der Waals surface area (Å²) in [5.74, 6) is 0.211. The zero-order chi connectivity index (χ0) is 12.0. The van der Waals surface area contributed by atoms with Gasteiger partial charge >= 0.3 is 0 Å². The van der Waals surface area contributed by atoms with Crippen molar-refractivity contribution in [2.75, 3.05) is 14.1 Å². The van der Waals surface area contributed by atoms with Gasteiger partial charge in [0.25, 0.3) is 0 Å². The van der Waals surface area contributed by atoms with Gasteiger partial charge in [-0.2, -0.15) is 0 Å². The van der Waals surface area contributed by atoms with Crippen LogP contribution in [0, 0.1) is 0 Å². The summed E-state index contributed by atoms with van der Waals surface area (Å²) < 4.78 is 0. The van der Waals surface area contributed by atoms with E-state index in [0.29, 0.717) is 6.42 Å². The topological polar surface area (TPSA) is 20.3 Å². The number of benzene rings is 1. The normalized spacial score (nSPS) is 11.3. The maximum atomic E-state index is 12.0. The molecule has 0 atom stereocenters. The number of rotatable bonds is 5. The fraction of sp³-hybridized carbons (Fsp3) is 0.357. The van der Waals surface area contributed by atoms with Crippen LogP contribution in [0.3, 0.4) is 0 Å². The molecule has 0 spiro atoms. The molecule has 0 amide bonds. The number of nitrogens with zero attached hydrogens (tertiary/aromatic N) is 1. The molecule has 0 saturated carbocycles. The van der Waals surface area contributed by atoms with Gasteiger partial charge in [0.2, 0.25) is 0 Å². The van der Waals surface area contributed by atoms with E-state index in [-0.39, 0.29) is 5.78 Å². The van der Waals surface area contributed by atoms with Gasteiger partial charge in [0.1, 0.15) is 0 Å². The van der Waals surface area contributed by atoms with Gasteiger partial charge in [-0.1, -0.05) is 37.3 Å². The lowest BCUT2D eigenvalue weighted by atomic mass is 10.00. The van der Waals surface area contributed by atoms with Gasteiger partial charge in [0, 0.05) is 32.3 Å². The largest absolute Gasteiger partial charge is 0.383 e. The molecule has 0 aromatic heterocycles. The van der Waals surface area contributed by atoms with E-state index in [1.54, 1.807) is 0 Å². The van der Waals surface area contributed by atoms with Crippen LogP contribution in [-0.2, 0) is 4.79 Å². The van der Waals surface area contributed by atoms with E-state index in [1.807, 2.05) is 62.5 Å². The molecular formula is C14H19NO. The number of Topliss-reactive ketones (excluding diaryl/α,β-unsaturated/α-hetero) is 1. The van der Waals surface area contributed by atoms with Crippen LogP contribution in [0.1, 0.15) is 25.3 Å². The summed E-state index contributed by atoms with van der Waals surface area (Å²) in [7, 11) is 3.87. The third-order valence-electron chi connectivity index (χ3n) is 2.25. The molecule has 16 heavy (non-hydrogen) atoms. The molecule has 0 aliphatic rings. The number of carbonyl (C=O) groups is 1. The highest BCUT2D eigenvalue weighted by atomic mass is 16.1. The Labute approximate surface area is 97.6 Å². The summed E-state index contributed by atoms with van der Waals surface area (Å²) in [4.78, 5) is 13.9. The molecule has 0 saturated heterocycles. The first-order chi connectivity index (χ1) is 7.65. The van der Waals surface area contributed by atoms with Gasteiger partial charge < -0.3 is 4.90 Å². The standard InChI is InChI=1S/C14H19NO/c1-4-8-14(16)13(11-15(2)3)12-9-6-5-7-10-12/h5-7,9-11H,4,8H2,1-3H3. The van der Waals surface area contributed by atoms with Gasteiger partial charge in [-0.25, -0.2) is 0 Å². The highest BCUT2D eigenvalue weighted by Gasteiger charge is 2.10. The third-order valence-corrected chi connectivity index (χ3v) is 2.25. The Balaban J connectivity index is 3.02. The summed E-state index contributed by atoms with van der Waals surface area (Å²) in [6.07, 6.45) is 3.39. The van der Waals surface area contributed by atoms with Crippen LogP contribution >= 0.6 is 0 Å². The van der Waals surface area contributed by atoms with Crippen molar-refractivity contribution in [2.45, 2.75) is 19.8 Å². The molecule has 2 heteroatoms. The molecule has 1 rings (SSSR count). The molecule has 0 heterocycles. The molecule has 86 valence electrons. The van der Waals surface area contributed by atoms with E-state index in [2.05, 4.69) is 0 Å². The minimum Gasteiger partial charge on any atom is -0.383 e. The van der Waals surface area contributed by atoms with Gasteiger partial charge in [0.05, 0.1) is 0 Å². The Morgan fingerprint density at radius 3 is 2.38 bits per heavy atom. The van der Waals surface area contributed by atoms with Gasteiger partial charge in [0.15, 0.2) is 5.78 Å². The maximum Gasteiger partial charge on any atom is 0.164 e. The van der Waals surface area contributed by atoms with E-state index in [9.17, 15) is 4.79 Å². The number of carbonyl (C=O) groups excluding carboxylic acids is 1. The summed E-state index contributed by atoms with van der Waals surface area (Å²) in [6, 6.07) is 9.82. The summed E-state index contributed by atoms with van der Waals surface area (Å²) >= 11 is 0. The van der Waals surface area contributed by atoms with Crippen molar-refractivity contribution in [1.82, 2.24) is 4.90 Å². The summed E-state index contributed by atoms with van der Waals surface area (Å²) in [5, 5.41) is 0. The van der Waals surface area contributed by atoms with E-state index < -0.39 is 0 Å². The first kappa shape index (κ1) is 12.5. The summed E-state index contributed by atoms with van der Waals surface area (Å²) in [5.41, 5.74) is 1.79. The summed E-state index contributed by atoms with van der Waals surface area (Å²) in [6.45, 7) is 2.02. The fourth-order valence-corrected chi connectivity index (χ4v) is 1.55. The van der Waals surface area contributed by atoms with Crippen molar-refractivity contribution < 1.29 is 4.79 Å². The predicted octanol–water partition coefficient (Wildman–Crippen LogP) is 2.96. The number of hydrogen-bond acceptors (Lipinski definition) is 2. The van der Waals surface area contributed by atoms with Crippen LogP contribution < -0.4 is 0 Å². The molecule has 0 unspecified atom stereocenters. The zero-order valence-electron chi connectivity index (χ0n) is 10.2. The second kappa shape index (κ2) is 6.11. The van der Waals surface area contributed by atoms with Crippen molar-refractivity contribution in [1.29, 1.82) is 0 Å². The lowest BCUT2D eigenvalue weighted by Gasteiger charge is -2.11. The van der Waals surface area contributed by atoms with E-state index >= 15 is 0 Å². The highest BCUT2D eigenvalue weighted by Crippen LogP contribution is 2.17. The Morgan fingerprint density at radius 2 is 1.88 bits per heavy atom. The van der Waals surface area contributed by atoms with Gasteiger partial charge in [-0.3, -0.25) is 4.79 Å². The van der Waals surface area contributed by atoms with Crippen LogP contribution in [0.5, 0.6) is 0 Å². The Kier molecular flexibility index (Phi) is 4.77. The smallest absolute Gasteiger partial charge is 0.164 e. The van der Waals surface area contributed by atoms with E-state index in [0.717, 1.165) is 17.6 Å². The van der Waals surface area contributed by atoms with E-state index in [1.165, 1.54) is 0 Å². The lowest BCUT2D eigenvalue weighted by molar-refractivity contribution is -0.113. The van der Waals surface area contributed by atoms with Crippen LogP contribution in [0.4, 0.5) is 0 Å². The second-order valence-electron chi connectivity index (χ2n) is 4.05. The second-order valence-corrected chi connectivity index (χ2v) is 4.05. The molecule has 1 aromatic carbocycles. The van der Waals surface area contributed by atoms with Crippen molar-refractivity contribution >= 4 is 11.4 Å². The van der Waals surface area contributed by atoms with Crippen LogP contribution in [0.2, 0.25) is 0 Å². The monoisotopic (exact) mass is 217 g/mol. The number of hydrogen-bond donors (Lipinski definition) is 0. The lowest BCUT2D eigenvalue weighted by Crippen LogP contribution is -2.08. The van der Waals surface area contributed by atoms with E-state index in [4.69, 9.17) is 0 Å². The molecule has 0 aliphatic carbocycles. The van der Waals surface area contributed by atoms with Crippen molar-refractivity contribution in [3.8, 4) is 0 Å². The Morgan fingerprint density at radius 1 is 1.25 bits per heavy atom. The van der Waals surface area contributed by atoms with Crippen LogP contribution in [0.15, 0.2) is 36.5 Å². The quantitative estimate of drug-likeness (QED) is 0.707. The Hall–Kier alpha value is -1.57. The highest BCUT2D eigenvalue weighted by molar-refractivity contribution is 6.20. The Bertz CT molecular complexity index is 366. The number of allylic oxidation sites excluding steroid dienone is 1. The molecule has 0 aliphatic heterocycles. The molecule has 0 bridgehead atoms. The van der Waals surface area contributed by atoms with Crippen molar-refractivity contribution in [2.24, 2.45) is 0 Å². The molecular weight excluding hydrogens is 198 g/mol. The molecule has 0 fully saturated rings. The minimum absolute atomic E-state index is 0.211. The van der Waals surface area contributed by atoms with Crippen LogP contribution in [-0.4, -0.2) is 24.8 Å². The molecule has 0 radical (unpaired) electrons. The van der Waals surface area contributed by atoms with Gasteiger partial charge in [-0.05, 0) is 12.0 Å². The SMILES string of the molecule is CCCC(=O)C(=CN(C)C)c1ccccc1. The first-order valence-corrected chi connectivity index (χ1v) is 5.62. The average molecular weight is 217 g/mol. The van der Waals surface area contributed by atoms with Crippen molar-refractivity contribution in [3.05, 3.63) is 42.1 Å². The van der Waals surface area contributed by atoms with Crippen molar-refractivity contribution in [3.63, 3.8) is 0 Å². The molecule has 0 N–H and O–H groups in total. The molecule has 2 nitrogen and oxygen atoms in total. The fourth-order valence-electron chi connectivity index (χ4n) is 1.55. The zero-order valence-corrected chi connectivity index (χ0v) is 10.2. The van der Waals surface area contributed by atoms with Gasteiger partial charge in [-0.15, -0.1) is 0 Å². The maximum absolute atomic E-state index is 12.0. The molecule has 1 aromatic rings. The van der Waals surface area contributed by atoms with Crippen LogP contribution in [0.25, 0.3) is 5.57 Å². The first-order valence-electron chi connectivity index (χ1n) is 5.62.